The molecule has 1 aromatic rings. The summed E-state index contributed by atoms with van der Waals surface area (Å²) in [6, 6.07) is 6.79. The molecule has 0 bridgehead atoms. The van der Waals surface area contributed by atoms with Crippen molar-refractivity contribution < 1.29 is 23.9 Å². The Balaban J connectivity index is 2.40. The normalized spacial score (nSPS) is 11.3. The molecule has 0 aromatic heterocycles. The summed E-state index contributed by atoms with van der Waals surface area (Å²) in [5.41, 5.74) is 0.388. The number of likely N-dealkylation sites (N-methyl/N-ethyl adjacent to an activating group) is 1. The molecule has 23 heavy (non-hydrogen) atoms. The molecule has 7 nitrogen and oxygen atoms in total. The summed E-state index contributed by atoms with van der Waals surface area (Å²) in [6.45, 7) is 3.85. The van der Waals surface area contributed by atoms with Crippen LogP contribution in [0.5, 0.6) is 5.75 Å². The highest BCUT2D eigenvalue weighted by atomic mass is 16.5. The molecule has 0 fully saturated rings. The van der Waals surface area contributed by atoms with E-state index in [4.69, 9.17) is 9.47 Å². The summed E-state index contributed by atoms with van der Waals surface area (Å²) >= 11 is 0. The Labute approximate surface area is 135 Å². The zero-order valence-corrected chi connectivity index (χ0v) is 13.5. The van der Waals surface area contributed by atoms with Gasteiger partial charge in [0.15, 0.2) is 6.10 Å². The molecule has 0 heterocycles. The van der Waals surface area contributed by atoms with Gasteiger partial charge in [0.2, 0.25) is 0 Å². The van der Waals surface area contributed by atoms with Gasteiger partial charge in [-0.3, -0.25) is 14.4 Å². The molecule has 7 heteroatoms. The van der Waals surface area contributed by atoms with Crippen LogP contribution in [0.4, 0.5) is 0 Å². The lowest BCUT2D eigenvalue weighted by Crippen LogP contribution is -2.36. The second-order valence-electron chi connectivity index (χ2n) is 4.73. The molecule has 0 aliphatic carbocycles. The number of esters is 1. The van der Waals surface area contributed by atoms with Crippen LogP contribution in [0.2, 0.25) is 0 Å². The van der Waals surface area contributed by atoms with Gasteiger partial charge in [-0.1, -0.05) is 12.1 Å². The summed E-state index contributed by atoms with van der Waals surface area (Å²) in [7, 11) is 1.48. The van der Waals surface area contributed by atoms with Gasteiger partial charge in [0.1, 0.15) is 5.75 Å². The van der Waals surface area contributed by atoms with Crippen molar-refractivity contribution in [3.8, 4) is 5.75 Å². The summed E-state index contributed by atoms with van der Waals surface area (Å²) in [4.78, 5) is 35.1. The number of amides is 2. The topological polar surface area (TPSA) is 93.7 Å². The van der Waals surface area contributed by atoms with Gasteiger partial charge in [-0.25, -0.2) is 0 Å². The van der Waals surface area contributed by atoms with Gasteiger partial charge < -0.3 is 20.1 Å². The highest BCUT2D eigenvalue weighted by Gasteiger charge is 2.17. The average molecular weight is 322 g/mol. The highest BCUT2D eigenvalue weighted by molar-refractivity contribution is 5.97. The van der Waals surface area contributed by atoms with Crippen molar-refractivity contribution in [2.45, 2.75) is 26.4 Å². The first-order valence-electron chi connectivity index (χ1n) is 7.38. The predicted octanol–water partition coefficient (Wildman–Crippen LogP) is 0.883. The summed E-state index contributed by atoms with van der Waals surface area (Å²) in [6.07, 6.45) is -0.877. The van der Waals surface area contributed by atoms with Crippen molar-refractivity contribution in [3.05, 3.63) is 29.8 Å². The number of carbonyl (C=O) groups excluding carboxylic acids is 3. The fourth-order valence-electron chi connectivity index (χ4n) is 1.83. The zero-order chi connectivity index (χ0) is 17.2. The maximum atomic E-state index is 12.0. The molecule has 0 unspecified atom stereocenters. The molecular formula is C16H22N2O5. The van der Waals surface area contributed by atoms with E-state index in [0.717, 1.165) is 0 Å². The Bertz CT molecular complexity index is 559. The maximum Gasteiger partial charge on any atom is 0.308 e. The third-order valence-corrected chi connectivity index (χ3v) is 2.99. The molecule has 0 saturated heterocycles. The van der Waals surface area contributed by atoms with Crippen molar-refractivity contribution >= 4 is 17.8 Å². The largest absolute Gasteiger partial charge is 0.496 e. The van der Waals surface area contributed by atoms with Gasteiger partial charge in [-0.2, -0.15) is 0 Å². The molecule has 2 amide bonds. The average Bonchev–Trinajstić information content (AvgIpc) is 2.54. The Hall–Kier alpha value is -2.57. The lowest BCUT2D eigenvalue weighted by molar-refractivity contribution is -0.154. The van der Waals surface area contributed by atoms with Crippen LogP contribution in [-0.4, -0.2) is 44.1 Å². The fourth-order valence-corrected chi connectivity index (χ4v) is 1.83. The van der Waals surface area contributed by atoms with Crippen molar-refractivity contribution in [1.82, 2.24) is 10.6 Å². The number of hydrogen-bond donors (Lipinski definition) is 2. The van der Waals surface area contributed by atoms with Crippen LogP contribution < -0.4 is 15.4 Å². The van der Waals surface area contributed by atoms with Gasteiger partial charge in [0.25, 0.3) is 11.8 Å². The fraction of sp³-hybridized carbons (Fsp3) is 0.438. The zero-order valence-electron chi connectivity index (χ0n) is 13.5. The smallest absolute Gasteiger partial charge is 0.308 e. The predicted molar refractivity (Wildman–Crippen MR) is 84.2 cm³/mol. The second kappa shape index (κ2) is 9.45. The summed E-state index contributed by atoms with van der Waals surface area (Å²) in [5, 5.41) is 5.17. The second-order valence-corrected chi connectivity index (χ2v) is 4.73. The van der Waals surface area contributed by atoms with Crippen LogP contribution >= 0.6 is 0 Å². The van der Waals surface area contributed by atoms with E-state index in [-0.39, 0.29) is 24.8 Å². The monoisotopic (exact) mass is 322 g/mol. The van der Waals surface area contributed by atoms with Gasteiger partial charge in [0, 0.05) is 13.1 Å². The van der Waals surface area contributed by atoms with Crippen LogP contribution in [0.15, 0.2) is 24.3 Å². The Kier molecular flexibility index (Phi) is 7.59. The molecule has 0 aliphatic heterocycles. The lowest BCUT2D eigenvalue weighted by Gasteiger charge is -2.13. The van der Waals surface area contributed by atoms with E-state index in [1.54, 1.807) is 31.2 Å². The summed E-state index contributed by atoms with van der Waals surface area (Å²) in [5.74, 6) is -0.785. The van der Waals surface area contributed by atoms with Crippen molar-refractivity contribution in [3.63, 3.8) is 0 Å². The first-order valence-corrected chi connectivity index (χ1v) is 7.38. The number of methoxy groups -OCH3 is 1. The number of rotatable bonds is 8. The number of benzene rings is 1. The van der Waals surface area contributed by atoms with Crippen molar-refractivity contribution in [2.24, 2.45) is 0 Å². The first-order chi connectivity index (χ1) is 11.0. The van der Waals surface area contributed by atoms with Gasteiger partial charge in [-0.15, -0.1) is 0 Å². The van der Waals surface area contributed by atoms with Crippen LogP contribution in [0.1, 0.15) is 30.6 Å². The number of hydrogen-bond acceptors (Lipinski definition) is 5. The van der Waals surface area contributed by atoms with Gasteiger partial charge >= 0.3 is 5.97 Å². The minimum Gasteiger partial charge on any atom is -0.496 e. The van der Waals surface area contributed by atoms with E-state index in [1.807, 2.05) is 0 Å². The minimum atomic E-state index is -0.854. The van der Waals surface area contributed by atoms with E-state index >= 15 is 0 Å². The molecule has 1 rings (SSSR count). The maximum absolute atomic E-state index is 12.0. The molecule has 0 aliphatic rings. The van der Waals surface area contributed by atoms with Crippen LogP contribution in [0.3, 0.4) is 0 Å². The molecular weight excluding hydrogens is 300 g/mol. The number of carbonyl (C=O) groups is 3. The Morgan fingerprint density at radius 1 is 1.17 bits per heavy atom. The lowest BCUT2D eigenvalue weighted by atomic mass is 10.2. The van der Waals surface area contributed by atoms with E-state index in [1.165, 1.54) is 14.0 Å². The quantitative estimate of drug-likeness (QED) is 0.693. The summed E-state index contributed by atoms with van der Waals surface area (Å²) < 4.78 is 10.1. The highest BCUT2D eigenvalue weighted by Crippen LogP contribution is 2.16. The first kappa shape index (κ1) is 18.5. The third kappa shape index (κ3) is 5.98. The van der Waals surface area contributed by atoms with E-state index in [9.17, 15) is 14.4 Å². The molecule has 0 spiro atoms. The Morgan fingerprint density at radius 2 is 1.87 bits per heavy atom. The molecule has 0 radical (unpaired) electrons. The molecule has 1 aromatic carbocycles. The molecule has 2 N–H and O–H groups in total. The van der Waals surface area contributed by atoms with Crippen molar-refractivity contribution in [2.75, 3.05) is 20.2 Å². The number of nitrogens with one attached hydrogen (secondary N) is 2. The van der Waals surface area contributed by atoms with Crippen LogP contribution in [0, 0.1) is 0 Å². The Morgan fingerprint density at radius 3 is 2.52 bits per heavy atom. The molecule has 0 saturated carbocycles. The van der Waals surface area contributed by atoms with Crippen LogP contribution in [-0.2, 0) is 14.3 Å². The number of para-hydroxylation sites is 1. The van der Waals surface area contributed by atoms with E-state index in [2.05, 4.69) is 10.6 Å². The molecule has 1 atom stereocenters. The van der Waals surface area contributed by atoms with Gasteiger partial charge in [0.05, 0.1) is 19.1 Å². The standard InChI is InChI=1S/C16H22N2O5/c1-4-17-15(20)11(2)23-14(19)9-10-18-16(21)12-7-5-6-8-13(12)22-3/h5-8,11H,4,9-10H2,1-3H3,(H,17,20)(H,18,21)/t11-/m0/s1. The van der Waals surface area contributed by atoms with E-state index < -0.39 is 12.1 Å². The van der Waals surface area contributed by atoms with E-state index in [0.29, 0.717) is 17.9 Å². The minimum absolute atomic E-state index is 0.0232. The van der Waals surface area contributed by atoms with Crippen LogP contribution in [0.25, 0.3) is 0 Å². The molecule has 126 valence electrons. The number of ether oxygens (including phenoxy) is 2. The van der Waals surface area contributed by atoms with Gasteiger partial charge in [-0.05, 0) is 26.0 Å². The SMILES string of the molecule is CCNC(=O)[C@H](C)OC(=O)CCNC(=O)c1ccccc1OC. The third-order valence-electron chi connectivity index (χ3n) is 2.99. The van der Waals surface area contributed by atoms with Crippen molar-refractivity contribution in [1.29, 1.82) is 0 Å².